The topological polar surface area (TPSA) is 92.2 Å². The van der Waals surface area contributed by atoms with Crippen molar-refractivity contribution in [3.8, 4) is 16.9 Å². The third-order valence-electron chi connectivity index (χ3n) is 8.17. The van der Waals surface area contributed by atoms with Crippen LogP contribution in [-0.2, 0) is 28.7 Å². The number of carbonyl (C=O) groups is 2. The number of alkyl halides is 3. The Morgan fingerprint density at radius 3 is 2.47 bits per heavy atom. The molecular formula is C32H34F3N3O5. The molecule has 2 fully saturated rings. The summed E-state index contributed by atoms with van der Waals surface area (Å²) in [6, 6.07) is 13.6. The summed E-state index contributed by atoms with van der Waals surface area (Å²) in [6.45, 7) is 6.82. The van der Waals surface area contributed by atoms with Crippen LogP contribution in [0, 0.1) is 5.41 Å². The number of carboxylic acid groups (broad SMARTS) is 1. The molecule has 43 heavy (non-hydrogen) atoms. The molecular weight excluding hydrogens is 563 g/mol. The molecule has 2 saturated heterocycles. The number of cyclic esters (lactones) is 1. The lowest BCUT2D eigenvalue weighted by molar-refractivity contribution is -0.146. The number of aromatic nitrogens is 1. The zero-order valence-corrected chi connectivity index (χ0v) is 24.4. The summed E-state index contributed by atoms with van der Waals surface area (Å²) < 4.78 is 51.4. The van der Waals surface area contributed by atoms with E-state index in [1.165, 1.54) is 17.0 Å². The Hall–Kier alpha value is -4.28. The maximum Gasteiger partial charge on any atom is 0.416 e. The van der Waals surface area contributed by atoms with Crippen LogP contribution in [0.25, 0.3) is 11.1 Å². The molecule has 0 spiro atoms. The van der Waals surface area contributed by atoms with Crippen molar-refractivity contribution in [2.24, 2.45) is 5.41 Å². The second kappa shape index (κ2) is 11.4. The molecule has 228 valence electrons. The molecule has 0 radical (unpaired) electrons. The van der Waals surface area contributed by atoms with Gasteiger partial charge in [0.1, 0.15) is 17.7 Å². The highest BCUT2D eigenvalue weighted by Crippen LogP contribution is 2.40. The summed E-state index contributed by atoms with van der Waals surface area (Å²) in [6.07, 6.45) is -4.75. The lowest BCUT2D eigenvalue weighted by atomic mass is 9.85. The van der Waals surface area contributed by atoms with E-state index in [4.69, 9.17) is 14.5 Å². The van der Waals surface area contributed by atoms with Crippen LogP contribution in [0.2, 0.25) is 0 Å². The number of pyridine rings is 1. The van der Waals surface area contributed by atoms with Crippen LogP contribution < -0.4 is 9.64 Å². The molecule has 2 atom stereocenters. The molecule has 11 heteroatoms. The van der Waals surface area contributed by atoms with E-state index in [9.17, 15) is 27.9 Å². The molecule has 1 N–H and O–H groups in total. The minimum atomic E-state index is -4.52. The summed E-state index contributed by atoms with van der Waals surface area (Å²) in [7, 11) is 1.54. The summed E-state index contributed by atoms with van der Waals surface area (Å²) >= 11 is 0. The Bertz CT molecular complexity index is 1540. The number of halogens is 3. The third-order valence-corrected chi connectivity index (χ3v) is 8.17. The smallest absolute Gasteiger partial charge is 0.416 e. The Labute approximate surface area is 248 Å². The monoisotopic (exact) mass is 597 g/mol. The van der Waals surface area contributed by atoms with E-state index in [1.807, 2.05) is 24.3 Å². The van der Waals surface area contributed by atoms with Crippen molar-refractivity contribution in [3.05, 3.63) is 77.0 Å². The van der Waals surface area contributed by atoms with Gasteiger partial charge in [-0.15, -0.1) is 0 Å². The molecule has 0 saturated carbocycles. The van der Waals surface area contributed by atoms with Crippen molar-refractivity contribution in [1.29, 1.82) is 0 Å². The number of benzene rings is 2. The summed E-state index contributed by atoms with van der Waals surface area (Å²) in [5.74, 6) is 0.389. The Kier molecular flexibility index (Phi) is 8.02. The summed E-state index contributed by atoms with van der Waals surface area (Å²) in [5, 5.41) is 9.67. The predicted octanol–water partition coefficient (Wildman–Crippen LogP) is 6.72. The molecule has 2 aliphatic rings. The number of anilines is 1. The second-order valence-corrected chi connectivity index (χ2v) is 11.7. The summed E-state index contributed by atoms with van der Waals surface area (Å²) in [5.41, 5.74) is 1.19. The van der Waals surface area contributed by atoms with Crippen LogP contribution in [0.5, 0.6) is 5.75 Å². The van der Waals surface area contributed by atoms with Crippen LogP contribution in [0.4, 0.5) is 23.8 Å². The van der Waals surface area contributed by atoms with Crippen LogP contribution in [0.1, 0.15) is 55.7 Å². The standard InChI is InChI=1S/C32H34F3N3O5/c1-19-28(21-7-5-8-22(16-21)32(33,34)35)43-30(41)38(19)18-25-23(10-12-27(36-25)37-13-6-14-37)24-15-20(9-11-26(24)42-4)17-31(2,3)29(39)40/h5,7-12,15-16,19,28H,6,13-14,17-18H2,1-4H3,(H,39,40)/t19-,28-/m0/s1. The molecule has 2 aromatic carbocycles. The predicted molar refractivity (Wildman–Crippen MR) is 154 cm³/mol. The zero-order chi connectivity index (χ0) is 31.1. The van der Waals surface area contributed by atoms with Gasteiger partial charge in [0.15, 0.2) is 0 Å². The number of aliphatic carboxylic acids is 1. The van der Waals surface area contributed by atoms with Crippen LogP contribution in [0.3, 0.4) is 0 Å². The number of carboxylic acids is 1. The molecule has 3 heterocycles. The molecule has 8 nitrogen and oxygen atoms in total. The number of rotatable bonds is 9. The number of amides is 1. The minimum absolute atomic E-state index is 0.0421. The molecule has 3 aromatic rings. The van der Waals surface area contributed by atoms with Gasteiger partial charge in [-0.1, -0.05) is 18.2 Å². The first-order valence-corrected chi connectivity index (χ1v) is 14.1. The molecule has 1 amide bonds. The van der Waals surface area contributed by atoms with Gasteiger partial charge in [0, 0.05) is 24.2 Å². The fourth-order valence-electron chi connectivity index (χ4n) is 5.45. The van der Waals surface area contributed by atoms with Crippen molar-refractivity contribution in [2.45, 2.75) is 58.5 Å². The van der Waals surface area contributed by atoms with Gasteiger partial charge >= 0.3 is 18.2 Å². The average molecular weight is 598 g/mol. The first kappa shape index (κ1) is 30.2. The van der Waals surface area contributed by atoms with Gasteiger partial charge in [0.25, 0.3) is 0 Å². The number of hydrogen-bond donors (Lipinski definition) is 1. The lowest BCUT2D eigenvalue weighted by Crippen LogP contribution is -2.38. The number of nitrogens with zero attached hydrogens (tertiary/aromatic N) is 3. The number of hydrogen-bond acceptors (Lipinski definition) is 6. The van der Waals surface area contributed by atoms with E-state index >= 15 is 0 Å². The first-order chi connectivity index (χ1) is 20.3. The zero-order valence-electron chi connectivity index (χ0n) is 24.4. The van der Waals surface area contributed by atoms with Gasteiger partial charge in [-0.3, -0.25) is 9.69 Å². The highest BCUT2D eigenvalue weighted by molar-refractivity contribution is 5.77. The van der Waals surface area contributed by atoms with Gasteiger partial charge in [0.2, 0.25) is 0 Å². The van der Waals surface area contributed by atoms with Crippen molar-refractivity contribution >= 4 is 17.9 Å². The van der Waals surface area contributed by atoms with Crippen LogP contribution >= 0.6 is 0 Å². The molecule has 2 aliphatic heterocycles. The Morgan fingerprint density at radius 2 is 1.84 bits per heavy atom. The van der Waals surface area contributed by atoms with Gasteiger partial charge in [-0.05, 0) is 81.1 Å². The van der Waals surface area contributed by atoms with E-state index in [-0.39, 0.29) is 18.5 Å². The molecule has 1 aromatic heterocycles. The fourth-order valence-corrected chi connectivity index (χ4v) is 5.45. The molecule has 0 unspecified atom stereocenters. The highest BCUT2D eigenvalue weighted by atomic mass is 19.4. The van der Waals surface area contributed by atoms with Gasteiger partial charge in [-0.2, -0.15) is 13.2 Å². The number of methoxy groups -OCH3 is 1. The van der Waals surface area contributed by atoms with Crippen molar-refractivity contribution in [2.75, 3.05) is 25.1 Å². The molecule has 0 aliphatic carbocycles. The van der Waals surface area contributed by atoms with Gasteiger partial charge in [0.05, 0.1) is 36.4 Å². The van der Waals surface area contributed by atoms with Gasteiger partial charge < -0.3 is 19.5 Å². The largest absolute Gasteiger partial charge is 0.496 e. The average Bonchev–Trinajstić information content (AvgIpc) is 3.20. The lowest BCUT2D eigenvalue weighted by Gasteiger charge is -2.33. The third kappa shape index (κ3) is 6.11. The maximum absolute atomic E-state index is 13.4. The molecule has 0 bridgehead atoms. The van der Waals surface area contributed by atoms with Gasteiger partial charge in [-0.25, -0.2) is 9.78 Å². The van der Waals surface area contributed by atoms with Crippen molar-refractivity contribution < 1.29 is 37.3 Å². The normalized spacial score (nSPS) is 18.8. The van der Waals surface area contributed by atoms with E-state index in [1.54, 1.807) is 33.9 Å². The quantitative estimate of drug-likeness (QED) is 0.293. The Morgan fingerprint density at radius 1 is 1.09 bits per heavy atom. The maximum atomic E-state index is 13.4. The SMILES string of the molecule is COc1ccc(CC(C)(C)C(=O)O)cc1-c1ccc(N2CCC2)nc1CN1C(=O)O[C@H](c2cccc(C(F)(F)F)c2)[C@@H]1C. The number of carbonyl (C=O) groups excluding carboxylic acids is 1. The van der Waals surface area contributed by atoms with Crippen LogP contribution in [-0.4, -0.2) is 53.3 Å². The highest BCUT2D eigenvalue weighted by Gasteiger charge is 2.41. The minimum Gasteiger partial charge on any atom is -0.496 e. The number of ether oxygens (including phenoxy) is 2. The van der Waals surface area contributed by atoms with E-state index < -0.39 is 41.4 Å². The van der Waals surface area contributed by atoms with Crippen LogP contribution in [0.15, 0.2) is 54.6 Å². The van der Waals surface area contributed by atoms with E-state index in [2.05, 4.69) is 4.90 Å². The second-order valence-electron chi connectivity index (χ2n) is 11.7. The molecule has 5 rings (SSSR count). The van der Waals surface area contributed by atoms with E-state index in [0.717, 1.165) is 43.0 Å². The first-order valence-electron chi connectivity index (χ1n) is 14.1. The van der Waals surface area contributed by atoms with E-state index in [0.29, 0.717) is 22.6 Å². The summed E-state index contributed by atoms with van der Waals surface area (Å²) in [4.78, 5) is 33.5. The van der Waals surface area contributed by atoms with Crippen molar-refractivity contribution in [1.82, 2.24) is 9.88 Å². The fraction of sp³-hybridized carbons (Fsp3) is 0.406. The Balaban J connectivity index is 1.52. The van der Waals surface area contributed by atoms with Crippen molar-refractivity contribution in [3.63, 3.8) is 0 Å².